The minimum atomic E-state index is -0.0623. The van der Waals surface area contributed by atoms with E-state index < -0.39 is 0 Å². The van der Waals surface area contributed by atoms with Crippen LogP contribution in [0.25, 0.3) is 0 Å². The molecule has 1 saturated heterocycles. The van der Waals surface area contributed by atoms with Crippen molar-refractivity contribution in [3.8, 4) is 11.5 Å². The van der Waals surface area contributed by atoms with Gasteiger partial charge in [0.05, 0.1) is 13.2 Å². The number of hydrogen-bond donors (Lipinski definition) is 2. The standard InChI is InChI=1S/C16H24N2O3/c1-3-20-14-8-7-12(10-15(14)21-4-2)16(19)18-13-6-5-9-17-11-13/h7-8,10,13,17H,3-6,9,11H2,1-2H3,(H,18,19). The first-order valence-corrected chi connectivity index (χ1v) is 7.65. The average molecular weight is 292 g/mol. The topological polar surface area (TPSA) is 59.6 Å². The molecule has 1 unspecified atom stereocenters. The first-order chi connectivity index (χ1) is 10.2. The Hall–Kier alpha value is -1.75. The molecule has 1 fully saturated rings. The number of carbonyl (C=O) groups excluding carboxylic acids is 1. The highest BCUT2D eigenvalue weighted by Crippen LogP contribution is 2.28. The maximum Gasteiger partial charge on any atom is 0.251 e. The second kappa shape index (κ2) is 7.88. The molecule has 1 aliphatic rings. The summed E-state index contributed by atoms with van der Waals surface area (Å²) in [6, 6.07) is 5.52. The zero-order valence-corrected chi connectivity index (χ0v) is 12.8. The molecule has 0 saturated carbocycles. The maximum atomic E-state index is 12.3. The van der Waals surface area contributed by atoms with Crippen molar-refractivity contribution < 1.29 is 14.3 Å². The fourth-order valence-corrected chi connectivity index (χ4v) is 2.44. The van der Waals surface area contributed by atoms with Gasteiger partial charge in [-0.05, 0) is 51.4 Å². The molecule has 0 spiro atoms. The summed E-state index contributed by atoms with van der Waals surface area (Å²) < 4.78 is 11.1. The Bertz CT molecular complexity index is 471. The highest BCUT2D eigenvalue weighted by Gasteiger charge is 2.17. The normalized spacial score (nSPS) is 18.1. The van der Waals surface area contributed by atoms with Crippen LogP contribution < -0.4 is 20.1 Å². The van der Waals surface area contributed by atoms with Gasteiger partial charge < -0.3 is 20.1 Å². The van der Waals surface area contributed by atoms with E-state index in [9.17, 15) is 4.79 Å². The van der Waals surface area contributed by atoms with Crippen LogP contribution in [0, 0.1) is 0 Å². The van der Waals surface area contributed by atoms with Crippen molar-refractivity contribution in [2.75, 3.05) is 26.3 Å². The van der Waals surface area contributed by atoms with Crippen LogP contribution in [0.2, 0.25) is 0 Å². The number of piperidine rings is 1. The summed E-state index contributed by atoms with van der Waals surface area (Å²) >= 11 is 0. The van der Waals surface area contributed by atoms with Crippen LogP contribution in [0.1, 0.15) is 37.0 Å². The van der Waals surface area contributed by atoms with Gasteiger partial charge >= 0.3 is 0 Å². The molecule has 1 heterocycles. The van der Waals surface area contributed by atoms with Crippen LogP contribution in [0.3, 0.4) is 0 Å². The maximum absolute atomic E-state index is 12.3. The second-order valence-corrected chi connectivity index (χ2v) is 5.04. The van der Waals surface area contributed by atoms with E-state index in [1.165, 1.54) is 0 Å². The smallest absolute Gasteiger partial charge is 0.251 e. The van der Waals surface area contributed by atoms with Gasteiger partial charge in [0.1, 0.15) is 0 Å². The number of benzene rings is 1. The van der Waals surface area contributed by atoms with Crippen molar-refractivity contribution in [2.24, 2.45) is 0 Å². The van der Waals surface area contributed by atoms with Crippen molar-refractivity contribution in [2.45, 2.75) is 32.7 Å². The second-order valence-electron chi connectivity index (χ2n) is 5.04. The van der Waals surface area contributed by atoms with Gasteiger partial charge in [0.2, 0.25) is 0 Å². The van der Waals surface area contributed by atoms with E-state index >= 15 is 0 Å². The van der Waals surface area contributed by atoms with Crippen molar-refractivity contribution >= 4 is 5.91 Å². The van der Waals surface area contributed by atoms with Gasteiger partial charge in [-0.1, -0.05) is 0 Å². The zero-order valence-electron chi connectivity index (χ0n) is 12.8. The summed E-state index contributed by atoms with van der Waals surface area (Å²) in [5.41, 5.74) is 0.604. The number of amides is 1. The molecular formula is C16H24N2O3. The Labute approximate surface area is 126 Å². The largest absolute Gasteiger partial charge is 0.490 e. The summed E-state index contributed by atoms with van der Waals surface area (Å²) in [5, 5.41) is 6.35. The average Bonchev–Trinajstić information content (AvgIpc) is 2.50. The minimum Gasteiger partial charge on any atom is -0.490 e. The van der Waals surface area contributed by atoms with Gasteiger partial charge in [-0.25, -0.2) is 0 Å². The molecule has 116 valence electrons. The lowest BCUT2D eigenvalue weighted by molar-refractivity contribution is 0.0930. The van der Waals surface area contributed by atoms with E-state index in [2.05, 4.69) is 10.6 Å². The molecule has 1 amide bonds. The van der Waals surface area contributed by atoms with Crippen LogP contribution >= 0.6 is 0 Å². The third kappa shape index (κ3) is 4.36. The summed E-state index contributed by atoms with van der Waals surface area (Å²) in [6.45, 7) is 6.81. The van der Waals surface area contributed by atoms with E-state index in [0.29, 0.717) is 30.3 Å². The van der Waals surface area contributed by atoms with Crippen LogP contribution in [0.5, 0.6) is 11.5 Å². The van der Waals surface area contributed by atoms with Crippen molar-refractivity contribution in [1.29, 1.82) is 0 Å². The number of nitrogens with one attached hydrogen (secondary N) is 2. The van der Waals surface area contributed by atoms with Gasteiger partial charge in [0, 0.05) is 18.2 Å². The van der Waals surface area contributed by atoms with Crippen molar-refractivity contribution in [3.63, 3.8) is 0 Å². The summed E-state index contributed by atoms with van der Waals surface area (Å²) in [4.78, 5) is 12.3. The fraction of sp³-hybridized carbons (Fsp3) is 0.562. The van der Waals surface area contributed by atoms with Gasteiger partial charge in [0.25, 0.3) is 5.91 Å². The Morgan fingerprint density at radius 3 is 2.71 bits per heavy atom. The third-order valence-corrected chi connectivity index (χ3v) is 3.44. The molecule has 2 N–H and O–H groups in total. The third-order valence-electron chi connectivity index (χ3n) is 3.44. The molecule has 0 aromatic heterocycles. The van der Waals surface area contributed by atoms with E-state index in [-0.39, 0.29) is 11.9 Å². The molecule has 1 aliphatic heterocycles. The highest BCUT2D eigenvalue weighted by molar-refractivity contribution is 5.95. The first-order valence-electron chi connectivity index (χ1n) is 7.65. The zero-order chi connectivity index (χ0) is 15.1. The van der Waals surface area contributed by atoms with Gasteiger partial charge in [-0.3, -0.25) is 4.79 Å². The number of ether oxygens (including phenoxy) is 2. The van der Waals surface area contributed by atoms with Crippen molar-refractivity contribution in [3.05, 3.63) is 23.8 Å². The fourth-order valence-electron chi connectivity index (χ4n) is 2.44. The molecule has 5 nitrogen and oxygen atoms in total. The Morgan fingerprint density at radius 2 is 2.05 bits per heavy atom. The van der Waals surface area contributed by atoms with E-state index in [1.54, 1.807) is 18.2 Å². The lowest BCUT2D eigenvalue weighted by atomic mass is 10.1. The van der Waals surface area contributed by atoms with E-state index in [4.69, 9.17) is 9.47 Å². The molecule has 0 bridgehead atoms. The van der Waals surface area contributed by atoms with E-state index in [1.807, 2.05) is 13.8 Å². The van der Waals surface area contributed by atoms with E-state index in [0.717, 1.165) is 25.9 Å². The lowest BCUT2D eigenvalue weighted by Crippen LogP contribution is -2.45. The Kier molecular flexibility index (Phi) is 5.87. The van der Waals surface area contributed by atoms with Gasteiger partial charge in [-0.15, -0.1) is 0 Å². The predicted octanol–water partition coefficient (Wildman–Crippen LogP) is 1.97. The number of carbonyl (C=O) groups is 1. The summed E-state index contributed by atoms with van der Waals surface area (Å²) in [5.74, 6) is 1.23. The minimum absolute atomic E-state index is 0.0623. The van der Waals surface area contributed by atoms with Crippen LogP contribution in [-0.4, -0.2) is 38.3 Å². The lowest BCUT2D eigenvalue weighted by Gasteiger charge is -2.24. The highest BCUT2D eigenvalue weighted by atomic mass is 16.5. The molecule has 1 atom stereocenters. The molecule has 0 aliphatic carbocycles. The summed E-state index contributed by atoms with van der Waals surface area (Å²) in [7, 11) is 0. The SMILES string of the molecule is CCOc1ccc(C(=O)NC2CCCNC2)cc1OCC. The molecule has 5 heteroatoms. The predicted molar refractivity (Wildman–Crippen MR) is 82.1 cm³/mol. The molecule has 0 radical (unpaired) electrons. The van der Waals surface area contributed by atoms with Crippen LogP contribution in [0.4, 0.5) is 0 Å². The Balaban J connectivity index is 2.07. The van der Waals surface area contributed by atoms with Crippen LogP contribution in [-0.2, 0) is 0 Å². The number of rotatable bonds is 6. The molecule has 1 aromatic carbocycles. The molecule has 1 aromatic rings. The quantitative estimate of drug-likeness (QED) is 0.841. The molecule has 2 rings (SSSR count). The van der Waals surface area contributed by atoms with Gasteiger partial charge in [-0.2, -0.15) is 0 Å². The van der Waals surface area contributed by atoms with Crippen molar-refractivity contribution in [1.82, 2.24) is 10.6 Å². The van der Waals surface area contributed by atoms with Gasteiger partial charge in [0.15, 0.2) is 11.5 Å². The summed E-state index contributed by atoms with van der Waals surface area (Å²) in [6.07, 6.45) is 2.12. The Morgan fingerprint density at radius 1 is 1.29 bits per heavy atom. The monoisotopic (exact) mass is 292 g/mol. The number of hydrogen-bond acceptors (Lipinski definition) is 4. The first kappa shape index (κ1) is 15.6. The molecule has 21 heavy (non-hydrogen) atoms. The van der Waals surface area contributed by atoms with Crippen LogP contribution in [0.15, 0.2) is 18.2 Å². The molecular weight excluding hydrogens is 268 g/mol.